The first-order valence-corrected chi connectivity index (χ1v) is 8.79. The van der Waals surface area contributed by atoms with Gasteiger partial charge in [0.25, 0.3) is 0 Å². The summed E-state index contributed by atoms with van der Waals surface area (Å²) in [5.74, 6) is -5.11. The third-order valence-electron chi connectivity index (χ3n) is 5.02. The highest BCUT2D eigenvalue weighted by Gasteiger charge is 2.39. The summed E-state index contributed by atoms with van der Waals surface area (Å²) in [5, 5.41) is 4.97. The number of fused-ring (bicyclic) bond motifs is 2. The van der Waals surface area contributed by atoms with Crippen LogP contribution in [0, 0.1) is 11.8 Å². The number of nitrogens with one attached hydrogen (secondary N) is 2. The number of Topliss-reactive ketones (excluding diaryl/α,β-unsaturated/α-hetero) is 4. The third kappa shape index (κ3) is 2.84. The summed E-state index contributed by atoms with van der Waals surface area (Å²) in [6, 6.07) is 7.44. The molecule has 2 aliphatic rings. The van der Waals surface area contributed by atoms with Crippen molar-refractivity contribution >= 4 is 53.1 Å². The predicted molar refractivity (Wildman–Crippen MR) is 102 cm³/mol. The Labute approximate surface area is 168 Å². The lowest BCUT2D eigenvalue weighted by molar-refractivity contribution is -0.109. The highest BCUT2D eigenvalue weighted by molar-refractivity contribution is 6.33. The van der Waals surface area contributed by atoms with Crippen LogP contribution in [0.3, 0.4) is 0 Å². The van der Waals surface area contributed by atoms with Crippen molar-refractivity contribution in [2.45, 2.75) is 0 Å². The van der Waals surface area contributed by atoms with Crippen LogP contribution in [0.25, 0.3) is 0 Å². The van der Waals surface area contributed by atoms with E-state index in [0.717, 1.165) is 0 Å². The van der Waals surface area contributed by atoms with Crippen molar-refractivity contribution in [2.24, 2.45) is 11.8 Å². The monoisotopic (exact) mass is 404 g/mol. The van der Waals surface area contributed by atoms with E-state index in [1.807, 2.05) is 0 Å². The summed E-state index contributed by atoms with van der Waals surface area (Å²) >= 11 is 0. The Morgan fingerprint density at radius 1 is 0.633 bits per heavy atom. The van der Waals surface area contributed by atoms with E-state index in [0.29, 0.717) is 12.6 Å². The second-order valence-corrected chi connectivity index (χ2v) is 6.78. The van der Waals surface area contributed by atoms with Crippen molar-refractivity contribution in [2.75, 3.05) is 10.6 Å². The Balaban J connectivity index is 1.51. The van der Waals surface area contributed by atoms with Crippen LogP contribution in [0.1, 0.15) is 41.4 Å². The fourth-order valence-electron chi connectivity index (χ4n) is 3.53. The average Bonchev–Trinajstić information content (AvgIpc) is 3.11. The smallest absolute Gasteiger partial charge is 0.308 e. The molecule has 0 radical (unpaired) electrons. The molecule has 2 aliphatic carbocycles. The number of rotatable bonds is 4. The second-order valence-electron chi connectivity index (χ2n) is 6.78. The van der Waals surface area contributed by atoms with Crippen molar-refractivity contribution in [3.63, 3.8) is 0 Å². The summed E-state index contributed by atoms with van der Waals surface area (Å²) in [7, 11) is 0. The van der Waals surface area contributed by atoms with E-state index in [-0.39, 0.29) is 33.6 Å². The van der Waals surface area contributed by atoms with Crippen LogP contribution in [0.4, 0.5) is 16.2 Å². The highest BCUT2D eigenvalue weighted by Crippen LogP contribution is 2.30. The summed E-state index contributed by atoms with van der Waals surface area (Å²) in [6.45, 7) is 0. The Hall–Kier alpha value is -4.27. The number of aldehydes is 2. The molecule has 0 aromatic heterocycles. The topological polar surface area (TPSA) is 144 Å². The van der Waals surface area contributed by atoms with E-state index in [1.54, 1.807) is 0 Å². The maximum absolute atomic E-state index is 12.3. The molecule has 0 bridgehead atoms. The molecule has 0 saturated heterocycles. The predicted octanol–water partition coefficient (Wildman–Crippen LogP) is 1.72. The first kappa shape index (κ1) is 19.1. The minimum Gasteiger partial charge on any atom is -0.308 e. The van der Waals surface area contributed by atoms with Crippen molar-refractivity contribution < 1.29 is 33.6 Å². The van der Waals surface area contributed by atoms with Gasteiger partial charge >= 0.3 is 6.03 Å². The molecular weight excluding hydrogens is 392 g/mol. The van der Waals surface area contributed by atoms with Gasteiger partial charge in [0.2, 0.25) is 0 Å². The van der Waals surface area contributed by atoms with Gasteiger partial charge in [-0.15, -0.1) is 0 Å². The molecule has 2 aromatic carbocycles. The van der Waals surface area contributed by atoms with Crippen LogP contribution < -0.4 is 10.6 Å². The zero-order valence-electron chi connectivity index (χ0n) is 15.1. The van der Waals surface area contributed by atoms with Crippen LogP contribution in [-0.4, -0.2) is 41.7 Å². The molecule has 0 heterocycles. The van der Waals surface area contributed by atoms with Gasteiger partial charge in [-0.2, -0.15) is 0 Å². The first-order valence-electron chi connectivity index (χ1n) is 8.79. The molecule has 2 aromatic rings. The molecule has 0 spiro atoms. The number of benzene rings is 2. The van der Waals surface area contributed by atoms with E-state index >= 15 is 0 Å². The van der Waals surface area contributed by atoms with Gasteiger partial charge in [0.1, 0.15) is 24.4 Å². The molecule has 0 fully saturated rings. The van der Waals surface area contributed by atoms with E-state index in [9.17, 15) is 33.6 Å². The molecule has 9 heteroatoms. The SMILES string of the molecule is O=CC1C(=O)c2ccc(NC(=O)Nc3ccc4c(c3)C(=O)C(C=O)C4=O)cc2C1=O. The van der Waals surface area contributed by atoms with Gasteiger partial charge in [0.05, 0.1) is 0 Å². The Bertz CT molecular complexity index is 1110. The number of amides is 2. The van der Waals surface area contributed by atoms with Crippen molar-refractivity contribution in [3.05, 3.63) is 58.7 Å². The summed E-state index contributed by atoms with van der Waals surface area (Å²) < 4.78 is 0. The van der Waals surface area contributed by atoms with E-state index < -0.39 is 41.0 Å². The number of urea groups is 1. The highest BCUT2D eigenvalue weighted by atomic mass is 16.2. The molecular formula is C21H12N2O7. The van der Waals surface area contributed by atoms with Crippen LogP contribution in [0.5, 0.6) is 0 Å². The fraction of sp³-hybridized carbons (Fsp3) is 0.0952. The molecule has 9 nitrogen and oxygen atoms in total. The second kappa shape index (κ2) is 6.96. The van der Waals surface area contributed by atoms with Gasteiger partial charge in [0, 0.05) is 33.6 Å². The Morgan fingerprint density at radius 2 is 1.00 bits per heavy atom. The van der Waals surface area contributed by atoms with Gasteiger partial charge in [-0.05, 0) is 36.4 Å². The van der Waals surface area contributed by atoms with Crippen molar-refractivity contribution in [1.29, 1.82) is 0 Å². The lowest BCUT2D eigenvalue weighted by Crippen LogP contribution is -2.20. The van der Waals surface area contributed by atoms with E-state index in [4.69, 9.17) is 0 Å². The van der Waals surface area contributed by atoms with Crippen molar-refractivity contribution in [3.8, 4) is 0 Å². The van der Waals surface area contributed by atoms with Gasteiger partial charge in [-0.3, -0.25) is 19.2 Å². The van der Waals surface area contributed by atoms with Gasteiger partial charge < -0.3 is 20.2 Å². The van der Waals surface area contributed by atoms with Crippen LogP contribution in [-0.2, 0) is 9.59 Å². The summed E-state index contributed by atoms with van der Waals surface area (Å²) in [6.07, 6.45) is 0.582. The van der Waals surface area contributed by atoms with Gasteiger partial charge in [-0.1, -0.05) is 0 Å². The van der Waals surface area contributed by atoms with Gasteiger partial charge in [0.15, 0.2) is 23.1 Å². The molecule has 2 amide bonds. The zero-order valence-corrected chi connectivity index (χ0v) is 15.1. The molecule has 2 N–H and O–H groups in total. The van der Waals surface area contributed by atoms with E-state index in [1.165, 1.54) is 36.4 Å². The maximum atomic E-state index is 12.3. The largest absolute Gasteiger partial charge is 0.323 e. The van der Waals surface area contributed by atoms with Crippen LogP contribution >= 0.6 is 0 Å². The number of ketones is 4. The third-order valence-corrected chi connectivity index (χ3v) is 5.02. The number of carbonyl (C=O) groups excluding carboxylic acids is 7. The lowest BCUT2D eigenvalue weighted by atomic mass is 10.1. The lowest BCUT2D eigenvalue weighted by Gasteiger charge is -2.09. The normalized spacial score (nSPS) is 19.3. The molecule has 148 valence electrons. The maximum Gasteiger partial charge on any atom is 0.323 e. The molecule has 0 aliphatic heterocycles. The molecule has 30 heavy (non-hydrogen) atoms. The average molecular weight is 404 g/mol. The summed E-state index contributed by atoms with van der Waals surface area (Å²) in [5.41, 5.74) is 0.775. The minimum absolute atomic E-state index is 0.0523. The van der Waals surface area contributed by atoms with Crippen molar-refractivity contribution in [1.82, 2.24) is 0 Å². The molecule has 4 rings (SSSR count). The number of hydrogen-bond acceptors (Lipinski definition) is 7. The van der Waals surface area contributed by atoms with Crippen LogP contribution in [0.15, 0.2) is 36.4 Å². The zero-order chi connectivity index (χ0) is 21.6. The summed E-state index contributed by atoms with van der Waals surface area (Å²) in [4.78, 5) is 82.3. The minimum atomic E-state index is -1.36. The molecule has 2 atom stereocenters. The van der Waals surface area contributed by atoms with Crippen LogP contribution in [0.2, 0.25) is 0 Å². The Kier molecular flexibility index (Phi) is 4.42. The molecule has 2 unspecified atom stereocenters. The number of carbonyl (C=O) groups is 7. The molecule has 0 saturated carbocycles. The van der Waals surface area contributed by atoms with E-state index in [2.05, 4.69) is 10.6 Å². The number of anilines is 2. The quantitative estimate of drug-likeness (QED) is 0.583. The number of hydrogen-bond donors (Lipinski definition) is 2. The van der Waals surface area contributed by atoms with Gasteiger partial charge in [-0.25, -0.2) is 4.79 Å². The fourth-order valence-corrected chi connectivity index (χ4v) is 3.53. The Morgan fingerprint density at radius 3 is 1.37 bits per heavy atom. The standard InChI is InChI=1S/C21H12N2O7/c24-7-15-17(26)11-3-1-9(5-13(11)19(15)28)22-21(30)23-10-2-4-12-14(6-10)20(29)16(8-25)18(12)27/h1-8,15-16H,(H2,22,23,30). The first-order chi connectivity index (χ1) is 14.3.